The average molecular weight is 223 g/mol. The van der Waals surface area contributed by atoms with E-state index in [9.17, 15) is 0 Å². The van der Waals surface area contributed by atoms with E-state index in [2.05, 4.69) is 9.89 Å². The van der Waals surface area contributed by atoms with Gasteiger partial charge in [-0.15, -0.1) is 0 Å². The summed E-state index contributed by atoms with van der Waals surface area (Å²) < 4.78 is 5.83. The molecule has 0 bridgehead atoms. The first-order valence-electron chi connectivity index (χ1n) is 6.56. The van der Waals surface area contributed by atoms with Gasteiger partial charge in [-0.05, 0) is 25.7 Å². The van der Waals surface area contributed by atoms with E-state index in [0.717, 1.165) is 19.1 Å². The van der Waals surface area contributed by atoms with Gasteiger partial charge in [0.1, 0.15) is 0 Å². The summed E-state index contributed by atoms with van der Waals surface area (Å²) in [6.07, 6.45) is 7.85. The Bertz CT molecular complexity index is 286. The van der Waals surface area contributed by atoms with Gasteiger partial charge in [-0.2, -0.15) is 0 Å². The maximum atomic E-state index is 6.12. The first-order valence-corrected chi connectivity index (χ1v) is 6.56. The van der Waals surface area contributed by atoms with Crippen LogP contribution in [0.5, 0.6) is 0 Å². The smallest absolute Gasteiger partial charge is 0.191 e. The predicted octanol–water partition coefficient (Wildman–Crippen LogP) is 1.11. The molecule has 4 heteroatoms. The third-order valence-electron chi connectivity index (χ3n) is 3.89. The first kappa shape index (κ1) is 10.4. The first-order chi connectivity index (χ1) is 7.84. The molecule has 0 aromatic rings. The molecule has 2 aliphatic carbocycles. The molecule has 2 atom stereocenters. The normalized spacial score (nSPS) is 36.0. The van der Waals surface area contributed by atoms with Crippen LogP contribution in [0.15, 0.2) is 4.99 Å². The summed E-state index contributed by atoms with van der Waals surface area (Å²) in [6.45, 7) is 1.73. The second kappa shape index (κ2) is 4.24. The Balaban J connectivity index is 1.71. The van der Waals surface area contributed by atoms with Gasteiger partial charge < -0.3 is 15.4 Å². The number of nitrogens with zero attached hydrogens (tertiary/aromatic N) is 2. The fraction of sp³-hybridized carbons (Fsp3) is 0.917. The molecule has 0 aromatic heterocycles. The molecule has 0 spiro atoms. The van der Waals surface area contributed by atoms with E-state index in [4.69, 9.17) is 10.5 Å². The zero-order valence-electron chi connectivity index (χ0n) is 9.77. The summed E-state index contributed by atoms with van der Waals surface area (Å²) in [6, 6.07) is 1.01. The number of aliphatic imine (C=N–C) groups is 1. The van der Waals surface area contributed by atoms with Crippen LogP contribution in [0.4, 0.5) is 0 Å². The van der Waals surface area contributed by atoms with Crippen LogP contribution in [0.2, 0.25) is 0 Å². The van der Waals surface area contributed by atoms with E-state index in [1.165, 1.54) is 38.5 Å². The van der Waals surface area contributed by atoms with Crippen molar-refractivity contribution >= 4 is 5.96 Å². The van der Waals surface area contributed by atoms with E-state index >= 15 is 0 Å². The quantitative estimate of drug-likeness (QED) is 0.535. The third kappa shape index (κ3) is 2.03. The Morgan fingerprint density at radius 2 is 2.00 bits per heavy atom. The van der Waals surface area contributed by atoms with Crippen molar-refractivity contribution in [3.8, 4) is 0 Å². The second-order valence-corrected chi connectivity index (χ2v) is 5.17. The van der Waals surface area contributed by atoms with Crippen molar-refractivity contribution in [2.45, 2.75) is 56.7 Å². The van der Waals surface area contributed by atoms with Gasteiger partial charge in [-0.25, -0.2) is 4.99 Å². The topological polar surface area (TPSA) is 50.8 Å². The Morgan fingerprint density at radius 3 is 2.81 bits per heavy atom. The van der Waals surface area contributed by atoms with E-state index in [1.807, 2.05) is 0 Å². The minimum atomic E-state index is 0.399. The minimum absolute atomic E-state index is 0.399. The van der Waals surface area contributed by atoms with Crippen molar-refractivity contribution in [1.82, 2.24) is 4.90 Å². The average Bonchev–Trinajstić information content (AvgIpc) is 3.12. The van der Waals surface area contributed by atoms with Crippen LogP contribution >= 0.6 is 0 Å². The van der Waals surface area contributed by atoms with Gasteiger partial charge in [-0.1, -0.05) is 12.8 Å². The van der Waals surface area contributed by atoms with Crippen molar-refractivity contribution < 1.29 is 4.74 Å². The van der Waals surface area contributed by atoms with Crippen molar-refractivity contribution in [2.24, 2.45) is 10.7 Å². The molecular weight excluding hydrogens is 202 g/mol. The number of ether oxygens (including phenoxy) is 1. The molecule has 3 aliphatic rings. The van der Waals surface area contributed by atoms with Crippen LogP contribution < -0.4 is 5.73 Å². The highest BCUT2D eigenvalue weighted by Crippen LogP contribution is 2.29. The summed E-state index contributed by atoms with van der Waals surface area (Å²) >= 11 is 0. The van der Waals surface area contributed by atoms with Crippen LogP contribution in [0, 0.1) is 0 Å². The van der Waals surface area contributed by atoms with Crippen LogP contribution in [0.3, 0.4) is 0 Å². The molecule has 0 amide bonds. The summed E-state index contributed by atoms with van der Waals surface area (Å²) in [7, 11) is 0. The maximum absolute atomic E-state index is 6.12. The van der Waals surface area contributed by atoms with Gasteiger partial charge in [-0.3, -0.25) is 0 Å². The highest BCUT2D eigenvalue weighted by molar-refractivity contribution is 5.79. The number of morpholine rings is 1. The van der Waals surface area contributed by atoms with Crippen molar-refractivity contribution in [2.75, 3.05) is 13.2 Å². The Labute approximate surface area is 96.8 Å². The SMILES string of the molecule is NC(=NC1CC1)N1CCOC2CCCCC21. The lowest BCUT2D eigenvalue weighted by Gasteiger charge is -2.44. The van der Waals surface area contributed by atoms with Crippen LogP contribution in [-0.2, 0) is 4.74 Å². The molecule has 90 valence electrons. The summed E-state index contributed by atoms with van der Waals surface area (Å²) in [4.78, 5) is 6.87. The molecule has 3 rings (SSSR count). The Hall–Kier alpha value is -0.770. The Kier molecular flexibility index (Phi) is 2.75. The van der Waals surface area contributed by atoms with E-state index < -0.39 is 0 Å². The van der Waals surface area contributed by atoms with Crippen LogP contribution in [0.1, 0.15) is 38.5 Å². The molecule has 2 unspecified atom stereocenters. The zero-order valence-corrected chi connectivity index (χ0v) is 9.77. The van der Waals surface area contributed by atoms with E-state index in [0.29, 0.717) is 18.2 Å². The maximum Gasteiger partial charge on any atom is 0.191 e. The van der Waals surface area contributed by atoms with Crippen LogP contribution in [-0.4, -0.2) is 42.2 Å². The van der Waals surface area contributed by atoms with Gasteiger partial charge in [0, 0.05) is 6.54 Å². The predicted molar refractivity (Wildman–Crippen MR) is 63.3 cm³/mol. The van der Waals surface area contributed by atoms with Crippen molar-refractivity contribution in [3.63, 3.8) is 0 Å². The lowest BCUT2D eigenvalue weighted by Crippen LogP contribution is -2.57. The largest absolute Gasteiger partial charge is 0.374 e. The molecule has 16 heavy (non-hydrogen) atoms. The zero-order chi connectivity index (χ0) is 11.0. The highest BCUT2D eigenvalue weighted by atomic mass is 16.5. The number of nitrogens with two attached hydrogens (primary N) is 1. The molecule has 0 aromatic carbocycles. The molecular formula is C12H21N3O. The number of rotatable bonds is 1. The van der Waals surface area contributed by atoms with Crippen molar-refractivity contribution in [1.29, 1.82) is 0 Å². The molecule has 3 fully saturated rings. The fourth-order valence-electron chi connectivity index (χ4n) is 2.85. The molecule has 0 radical (unpaired) electrons. The summed E-state index contributed by atoms with van der Waals surface area (Å²) in [5.41, 5.74) is 6.12. The van der Waals surface area contributed by atoms with Crippen LogP contribution in [0.25, 0.3) is 0 Å². The van der Waals surface area contributed by atoms with E-state index in [-0.39, 0.29) is 0 Å². The lowest BCUT2D eigenvalue weighted by atomic mass is 9.90. The van der Waals surface area contributed by atoms with Gasteiger partial charge in [0.15, 0.2) is 5.96 Å². The molecule has 1 heterocycles. The molecule has 4 nitrogen and oxygen atoms in total. The fourth-order valence-corrected chi connectivity index (χ4v) is 2.85. The highest BCUT2D eigenvalue weighted by Gasteiger charge is 2.35. The third-order valence-corrected chi connectivity index (χ3v) is 3.89. The monoisotopic (exact) mass is 223 g/mol. The van der Waals surface area contributed by atoms with Gasteiger partial charge >= 0.3 is 0 Å². The summed E-state index contributed by atoms with van der Waals surface area (Å²) in [5.74, 6) is 0.766. The molecule has 1 saturated heterocycles. The van der Waals surface area contributed by atoms with Crippen molar-refractivity contribution in [3.05, 3.63) is 0 Å². The van der Waals surface area contributed by atoms with Gasteiger partial charge in [0.2, 0.25) is 0 Å². The molecule has 1 aliphatic heterocycles. The van der Waals surface area contributed by atoms with Gasteiger partial charge in [0.05, 0.1) is 24.8 Å². The number of hydrogen-bond donors (Lipinski definition) is 1. The molecule has 2 N–H and O–H groups in total. The minimum Gasteiger partial charge on any atom is -0.374 e. The number of guanidine groups is 1. The number of fused-ring (bicyclic) bond motifs is 1. The lowest BCUT2D eigenvalue weighted by molar-refractivity contribution is -0.0641. The standard InChI is InChI=1S/C12H21N3O/c13-12(14-9-5-6-9)15-7-8-16-11-4-2-1-3-10(11)15/h9-11H,1-8H2,(H2,13,14). The molecule has 2 saturated carbocycles. The van der Waals surface area contributed by atoms with E-state index in [1.54, 1.807) is 0 Å². The van der Waals surface area contributed by atoms with Gasteiger partial charge in [0.25, 0.3) is 0 Å². The Morgan fingerprint density at radius 1 is 1.19 bits per heavy atom. The second-order valence-electron chi connectivity index (χ2n) is 5.17. The summed E-state index contributed by atoms with van der Waals surface area (Å²) in [5, 5.41) is 0. The number of hydrogen-bond acceptors (Lipinski definition) is 2.